The molecule has 0 aromatic carbocycles. The Hall–Kier alpha value is -0.170. The van der Waals surface area contributed by atoms with Crippen molar-refractivity contribution in [2.24, 2.45) is 0 Å². The molecular weight excluding hydrogens is 220 g/mol. The van der Waals surface area contributed by atoms with E-state index in [1.807, 2.05) is 6.92 Å². The van der Waals surface area contributed by atoms with Crippen LogP contribution in [0.1, 0.15) is 19.8 Å². The average Bonchev–Trinajstić information content (AvgIpc) is 2.12. The summed E-state index contributed by atoms with van der Waals surface area (Å²) in [4.78, 5) is 0. The van der Waals surface area contributed by atoms with Gasteiger partial charge in [0.25, 0.3) is 10.1 Å². The highest BCUT2D eigenvalue weighted by Crippen LogP contribution is 2.02. The Bertz CT molecular complexity index is 237. The van der Waals surface area contributed by atoms with E-state index in [1.165, 1.54) is 0 Å². The molecule has 0 saturated carbocycles. The standard InChI is InChI=1S/C9H20O5S/c1-4-6-13-9(8-12-2)5-7-14-15(3,10)11/h9H,4-8H2,1-3H3/t9-/m0/s1. The van der Waals surface area contributed by atoms with Gasteiger partial charge in [0.1, 0.15) is 0 Å². The molecule has 1 atom stereocenters. The summed E-state index contributed by atoms with van der Waals surface area (Å²) in [5, 5.41) is 0. The molecule has 0 unspecified atom stereocenters. The highest BCUT2D eigenvalue weighted by Gasteiger charge is 2.10. The zero-order chi connectivity index (χ0) is 11.7. The zero-order valence-electron chi connectivity index (χ0n) is 9.56. The van der Waals surface area contributed by atoms with Gasteiger partial charge in [-0.1, -0.05) is 6.92 Å². The third-order valence-corrected chi connectivity index (χ3v) is 2.24. The molecule has 0 aliphatic carbocycles. The Morgan fingerprint density at radius 3 is 2.40 bits per heavy atom. The van der Waals surface area contributed by atoms with Crippen LogP contribution in [0, 0.1) is 0 Å². The predicted molar refractivity (Wildman–Crippen MR) is 57.3 cm³/mol. The molecule has 5 nitrogen and oxygen atoms in total. The molecule has 0 aliphatic rings. The lowest BCUT2D eigenvalue weighted by Gasteiger charge is -2.16. The summed E-state index contributed by atoms with van der Waals surface area (Å²) in [6, 6.07) is 0. The number of rotatable bonds is 9. The summed E-state index contributed by atoms with van der Waals surface area (Å²) in [6.07, 6.45) is 2.37. The highest BCUT2D eigenvalue weighted by atomic mass is 32.2. The summed E-state index contributed by atoms with van der Waals surface area (Å²) < 4.78 is 36.4. The van der Waals surface area contributed by atoms with Gasteiger partial charge in [-0.25, -0.2) is 0 Å². The highest BCUT2D eigenvalue weighted by molar-refractivity contribution is 7.85. The second-order valence-corrected chi connectivity index (χ2v) is 4.91. The molecule has 0 N–H and O–H groups in total. The van der Waals surface area contributed by atoms with Crippen molar-refractivity contribution < 1.29 is 22.1 Å². The molecule has 0 aliphatic heterocycles. The minimum Gasteiger partial charge on any atom is -0.382 e. The number of ether oxygens (including phenoxy) is 2. The molecule has 0 heterocycles. The maximum atomic E-state index is 10.7. The summed E-state index contributed by atoms with van der Waals surface area (Å²) in [5.74, 6) is 0. The summed E-state index contributed by atoms with van der Waals surface area (Å²) in [6.45, 7) is 3.24. The Balaban J connectivity index is 3.74. The van der Waals surface area contributed by atoms with E-state index in [4.69, 9.17) is 9.47 Å². The molecule has 15 heavy (non-hydrogen) atoms. The molecule has 0 saturated heterocycles. The Morgan fingerprint density at radius 1 is 1.27 bits per heavy atom. The molecule has 0 amide bonds. The molecule has 0 bridgehead atoms. The lowest BCUT2D eigenvalue weighted by Crippen LogP contribution is -2.22. The van der Waals surface area contributed by atoms with Gasteiger partial charge in [0.05, 0.1) is 25.6 Å². The third kappa shape index (κ3) is 10.1. The molecule has 0 rings (SSSR count). The fourth-order valence-electron chi connectivity index (χ4n) is 1.02. The van der Waals surface area contributed by atoms with E-state index in [9.17, 15) is 8.42 Å². The van der Waals surface area contributed by atoms with Gasteiger partial charge in [0.15, 0.2) is 0 Å². The molecular formula is C9H20O5S. The fraction of sp³-hybridized carbons (Fsp3) is 1.00. The van der Waals surface area contributed by atoms with Gasteiger partial charge in [-0.15, -0.1) is 0 Å². The van der Waals surface area contributed by atoms with Crippen LogP contribution in [0.3, 0.4) is 0 Å². The Labute approximate surface area is 91.8 Å². The van der Waals surface area contributed by atoms with Crippen LogP contribution >= 0.6 is 0 Å². The van der Waals surface area contributed by atoms with Gasteiger partial charge in [0, 0.05) is 20.1 Å². The van der Waals surface area contributed by atoms with Crippen molar-refractivity contribution >= 4 is 10.1 Å². The van der Waals surface area contributed by atoms with Crippen molar-refractivity contribution in [3.05, 3.63) is 0 Å². The molecule has 92 valence electrons. The van der Waals surface area contributed by atoms with Gasteiger partial charge in [-0.2, -0.15) is 8.42 Å². The van der Waals surface area contributed by atoms with Crippen molar-refractivity contribution in [3.63, 3.8) is 0 Å². The van der Waals surface area contributed by atoms with Gasteiger partial charge in [-0.3, -0.25) is 4.18 Å². The minimum absolute atomic E-state index is 0.100. The fourth-order valence-corrected chi connectivity index (χ4v) is 1.42. The molecule has 0 aromatic heterocycles. The Morgan fingerprint density at radius 2 is 1.93 bits per heavy atom. The SMILES string of the molecule is CCCO[C@@H](CCOS(C)(=O)=O)COC. The topological polar surface area (TPSA) is 61.8 Å². The van der Waals surface area contributed by atoms with Crippen LogP contribution < -0.4 is 0 Å². The number of hydrogen-bond donors (Lipinski definition) is 0. The Kier molecular flexibility index (Phi) is 7.95. The van der Waals surface area contributed by atoms with E-state index >= 15 is 0 Å². The molecule has 6 heteroatoms. The van der Waals surface area contributed by atoms with Gasteiger partial charge >= 0.3 is 0 Å². The normalized spacial score (nSPS) is 14.1. The van der Waals surface area contributed by atoms with Crippen LogP contribution in [0.15, 0.2) is 0 Å². The number of hydrogen-bond acceptors (Lipinski definition) is 5. The lowest BCUT2D eigenvalue weighted by molar-refractivity contribution is -0.0116. The van der Waals surface area contributed by atoms with E-state index in [0.717, 1.165) is 12.7 Å². The largest absolute Gasteiger partial charge is 0.382 e. The second-order valence-electron chi connectivity index (χ2n) is 3.26. The van der Waals surface area contributed by atoms with E-state index in [1.54, 1.807) is 7.11 Å². The summed E-state index contributed by atoms with van der Waals surface area (Å²) in [7, 11) is -1.77. The van der Waals surface area contributed by atoms with Gasteiger partial charge in [0.2, 0.25) is 0 Å². The van der Waals surface area contributed by atoms with Crippen molar-refractivity contribution in [1.29, 1.82) is 0 Å². The van der Waals surface area contributed by atoms with E-state index in [2.05, 4.69) is 4.18 Å². The van der Waals surface area contributed by atoms with Crippen LogP contribution in [0.5, 0.6) is 0 Å². The number of methoxy groups -OCH3 is 1. The first-order valence-corrected chi connectivity index (χ1v) is 6.76. The third-order valence-electron chi connectivity index (χ3n) is 1.65. The first kappa shape index (κ1) is 14.8. The predicted octanol–water partition coefficient (Wildman–Crippen LogP) is 0.794. The quantitative estimate of drug-likeness (QED) is 0.558. The smallest absolute Gasteiger partial charge is 0.264 e. The van der Waals surface area contributed by atoms with Gasteiger partial charge in [-0.05, 0) is 6.42 Å². The van der Waals surface area contributed by atoms with Crippen LogP contribution in [-0.4, -0.2) is 47.7 Å². The first-order chi connectivity index (χ1) is 6.99. The first-order valence-electron chi connectivity index (χ1n) is 4.94. The minimum atomic E-state index is -3.35. The maximum absolute atomic E-state index is 10.7. The van der Waals surface area contributed by atoms with Crippen molar-refractivity contribution in [3.8, 4) is 0 Å². The lowest BCUT2D eigenvalue weighted by atomic mass is 10.3. The van der Waals surface area contributed by atoms with E-state index in [-0.39, 0.29) is 12.7 Å². The average molecular weight is 240 g/mol. The van der Waals surface area contributed by atoms with Crippen LogP contribution in [-0.2, 0) is 23.8 Å². The summed E-state index contributed by atoms with van der Waals surface area (Å²) >= 11 is 0. The second kappa shape index (κ2) is 8.04. The van der Waals surface area contributed by atoms with Gasteiger partial charge < -0.3 is 9.47 Å². The van der Waals surface area contributed by atoms with Crippen molar-refractivity contribution in [1.82, 2.24) is 0 Å². The molecule has 0 fully saturated rings. The molecule has 0 radical (unpaired) electrons. The van der Waals surface area contributed by atoms with Crippen LogP contribution in [0.25, 0.3) is 0 Å². The maximum Gasteiger partial charge on any atom is 0.264 e. The molecule has 0 spiro atoms. The monoisotopic (exact) mass is 240 g/mol. The zero-order valence-corrected chi connectivity index (χ0v) is 10.4. The van der Waals surface area contributed by atoms with E-state index < -0.39 is 10.1 Å². The van der Waals surface area contributed by atoms with Crippen molar-refractivity contribution in [2.75, 3.05) is 33.2 Å². The van der Waals surface area contributed by atoms with E-state index in [0.29, 0.717) is 19.6 Å². The summed E-state index contributed by atoms with van der Waals surface area (Å²) in [5.41, 5.74) is 0. The molecule has 0 aromatic rings. The van der Waals surface area contributed by atoms with Crippen LogP contribution in [0.4, 0.5) is 0 Å². The van der Waals surface area contributed by atoms with Crippen molar-refractivity contribution in [2.45, 2.75) is 25.9 Å². The van der Waals surface area contributed by atoms with Crippen LogP contribution in [0.2, 0.25) is 0 Å².